The van der Waals surface area contributed by atoms with E-state index in [-0.39, 0.29) is 24.1 Å². The Hall–Kier alpha value is -1.90. The number of carbonyl (C=O) groups is 1. The molecule has 2 aliphatic heterocycles. The van der Waals surface area contributed by atoms with Crippen LogP contribution in [0, 0.1) is 0 Å². The van der Waals surface area contributed by atoms with E-state index in [9.17, 15) is 13.2 Å². The maximum Gasteiger partial charge on any atom is 0.237 e. The van der Waals surface area contributed by atoms with E-state index in [1.165, 1.54) is 4.31 Å². The minimum Gasteiger partial charge on any atom is -0.445 e. The lowest BCUT2D eigenvalue weighted by Gasteiger charge is -2.33. The van der Waals surface area contributed by atoms with Crippen LogP contribution >= 0.6 is 11.6 Å². The number of rotatable bonds is 5. The Morgan fingerprint density at radius 2 is 1.97 bits per heavy atom. The smallest absolute Gasteiger partial charge is 0.237 e. The van der Waals surface area contributed by atoms with Gasteiger partial charge in [-0.15, -0.1) is 0 Å². The van der Waals surface area contributed by atoms with Gasteiger partial charge in [0.25, 0.3) is 0 Å². The zero-order chi connectivity index (χ0) is 21.1. The van der Waals surface area contributed by atoms with Crippen LogP contribution in [0.4, 0.5) is 0 Å². The number of amides is 1. The molecule has 1 aromatic carbocycles. The van der Waals surface area contributed by atoms with Crippen LogP contribution < -0.4 is 0 Å². The molecule has 0 saturated carbocycles. The lowest BCUT2D eigenvalue weighted by atomic mass is 9.98. The van der Waals surface area contributed by atoms with Crippen LogP contribution in [-0.2, 0) is 21.2 Å². The van der Waals surface area contributed by atoms with E-state index in [1.54, 1.807) is 11.1 Å². The van der Waals surface area contributed by atoms with Crippen molar-refractivity contribution < 1.29 is 17.6 Å². The molecule has 0 aliphatic carbocycles. The second-order valence-electron chi connectivity index (χ2n) is 8.00. The number of aromatic nitrogens is 1. The number of nitrogens with zero attached hydrogens (tertiary/aromatic N) is 3. The van der Waals surface area contributed by atoms with E-state index in [0.29, 0.717) is 43.4 Å². The van der Waals surface area contributed by atoms with Gasteiger partial charge in [0.15, 0.2) is 5.89 Å². The predicted molar refractivity (Wildman–Crippen MR) is 114 cm³/mol. The highest BCUT2D eigenvalue weighted by Gasteiger charge is 2.32. The molecule has 2 aromatic rings. The molecule has 3 heterocycles. The summed E-state index contributed by atoms with van der Waals surface area (Å²) in [5.41, 5.74) is 1.09. The number of hydrogen-bond donors (Lipinski definition) is 0. The third kappa shape index (κ3) is 5.04. The lowest BCUT2D eigenvalue weighted by molar-refractivity contribution is -0.132. The van der Waals surface area contributed by atoms with Gasteiger partial charge >= 0.3 is 0 Å². The third-order valence-corrected chi connectivity index (χ3v) is 7.91. The molecule has 30 heavy (non-hydrogen) atoms. The summed E-state index contributed by atoms with van der Waals surface area (Å²) in [5.74, 6) is 1.44. The predicted octanol–water partition coefficient (Wildman–Crippen LogP) is 3.05. The molecule has 0 unspecified atom stereocenters. The van der Waals surface area contributed by atoms with Gasteiger partial charge in [-0.1, -0.05) is 23.7 Å². The maximum absolute atomic E-state index is 12.8. The quantitative estimate of drug-likeness (QED) is 0.697. The fraction of sp³-hybridized carbons (Fsp3) is 0.524. The maximum atomic E-state index is 12.8. The molecule has 162 valence electrons. The average molecular weight is 452 g/mol. The molecule has 0 spiro atoms. The summed E-state index contributed by atoms with van der Waals surface area (Å²) < 4.78 is 31.7. The standard InChI is InChI=1S/C21H26ClN3O4S/c22-18-7-5-16(6-8-18)12-19-13-23-21(29-19)17-4-3-9-24(14-17)20(26)15-25-10-1-2-11-30(25,27)28/h5-8,13,17H,1-4,9-12,14-15H2/t17-/m0/s1. The molecule has 1 atom stereocenters. The van der Waals surface area contributed by atoms with Crippen molar-refractivity contribution in [2.75, 3.05) is 31.9 Å². The van der Waals surface area contributed by atoms with Crippen molar-refractivity contribution in [3.8, 4) is 0 Å². The van der Waals surface area contributed by atoms with E-state index in [2.05, 4.69) is 4.98 Å². The number of oxazole rings is 1. The number of benzene rings is 1. The Morgan fingerprint density at radius 1 is 1.17 bits per heavy atom. The van der Waals surface area contributed by atoms with E-state index in [4.69, 9.17) is 16.0 Å². The summed E-state index contributed by atoms with van der Waals surface area (Å²) in [4.78, 5) is 19.0. The Morgan fingerprint density at radius 3 is 2.73 bits per heavy atom. The molecule has 4 rings (SSSR count). The van der Waals surface area contributed by atoms with Crippen molar-refractivity contribution >= 4 is 27.5 Å². The largest absolute Gasteiger partial charge is 0.445 e. The van der Waals surface area contributed by atoms with Gasteiger partial charge < -0.3 is 9.32 Å². The highest BCUT2D eigenvalue weighted by atomic mass is 35.5. The van der Waals surface area contributed by atoms with E-state index >= 15 is 0 Å². The van der Waals surface area contributed by atoms with Crippen LogP contribution in [0.15, 0.2) is 34.9 Å². The molecule has 2 aliphatic rings. The number of sulfonamides is 1. The summed E-state index contributed by atoms with van der Waals surface area (Å²) in [5, 5.41) is 0.696. The summed E-state index contributed by atoms with van der Waals surface area (Å²) in [6.45, 7) is 1.51. The fourth-order valence-corrected chi connectivity index (χ4v) is 5.74. The molecule has 0 bridgehead atoms. The van der Waals surface area contributed by atoms with Gasteiger partial charge in [0, 0.05) is 31.1 Å². The highest BCUT2D eigenvalue weighted by molar-refractivity contribution is 7.89. The Labute approximate surface area is 182 Å². The van der Waals surface area contributed by atoms with Crippen LogP contribution in [0.1, 0.15) is 48.8 Å². The van der Waals surface area contributed by atoms with Gasteiger partial charge in [-0.3, -0.25) is 4.79 Å². The number of carbonyl (C=O) groups excluding carboxylic acids is 1. The minimum absolute atomic E-state index is 0.0274. The van der Waals surface area contributed by atoms with Crippen molar-refractivity contribution in [3.63, 3.8) is 0 Å². The molecule has 0 radical (unpaired) electrons. The van der Waals surface area contributed by atoms with Crippen LogP contribution in [0.2, 0.25) is 5.02 Å². The zero-order valence-corrected chi connectivity index (χ0v) is 18.4. The monoisotopic (exact) mass is 451 g/mol. The molecular formula is C21H26ClN3O4S. The van der Waals surface area contributed by atoms with E-state index in [1.807, 2.05) is 24.3 Å². The summed E-state index contributed by atoms with van der Waals surface area (Å²) >= 11 is 5.93. The Balaban J connectivity index is 1.37. The summed E-state index contributed by atoms with van der Waals surface area (Å²) in [6.07, 6.45) is 5.59. The minimum atomic E-state index is -3.31. The Bertz CT molecular complexity index is 990. The first-order valence-electron chi connectivity index (χ1n) is 10.4. The van der Waals surface area contributed by atoms with Gasteiger partial charge in [0.2, 0.25) is 15.9 Å². The lowest BCUT2D eigenvalue weighted by Crippen LogP contribution is -2.48. The van der Waals surface area contributed by atoms with Crippen molar-refractivity contribution in [3.05, 3.63) is 52.7 Å². The normalized spacial score (nSPS) is 22.2. The fourth-order valence-electron chi connectivity index (χ4n) is 4.07. The second kappa shape index (κ2) is 9.08. The molecular weight excluding hydrogens is 426 g/mol. The second-order valence-corrected chi connectivity index (χ2v) is 10.5. The van der Waals surface area contributed by atoms with Crippen molar-refractivity contribution in [2.45, 2.75) is 38.0 Å². The van der Waals surface area contributed by atoms with Crippen LogP contribution in [0.3, 0.4) is 0 Å². The molecule has 1 amide bonds. The van der Waals surface area contributed by atoms with E-state index in [0.717, 1.165) is 30.6 Å². The van der Waals surface area contributed by atoms with Crippen LogP contribution in [0.25, 0.3) is 0 Å². The van der Waals surface area contributed by atoms with Crippen LogP contribution in [-0.4, -0.2) is 60.4 Å². The van der Waals surface area contributed by atoms with Gasteiger partial charge in [-0.2, -0.15) is 4.31 Å². The first-order chi connectivity index (χ1) is 14.4. The van der Waals surface area contributed by atoms with Crippen molar-refractivity contribution in [1.29, 1.82) is 0 Å². The molecule has 0 N–H and O–H groups in total. The molecule has 1 aromatic heterocycles. The zero-order valence-electron chi connectivity index (χ0n) is 16.8. The number of likely N-dealkylation sites (tertiary alicyclic amines) is 1. The third-order valence-electron chi connectivity index (χ3n) is 5.75. The van der Waals surface area contributed by atoms with Crippen LogP contribution in [0.5, 0.6) is 0 Å². The molecule has 7 nitrogen and oxygen atoms in total. The Kier molecular flexibility index (Phi) is 6.46. The van der Waals surface area contributed by atoms with Gasteiger partial charge in [0.05, 0.1) is 24.4 Å². The highest BCUT2D eigenvalue weighted by Crippen LogP contribution is 2.28. The topological polar surface area (TPSA) is 83.7 Å². The van der Waals surface area contributed by atoms with Gasteiger partial charge in [-0.25, -0.2) is 13.4 Å². The number of hydrogen-bond acceptors (Lipinski definition) is 5. The van der Waals surface area contributed by atoms with Gasteiger partial charge in [-0.05, 0) is 43.4 Å². The molecule has 9 heteroatoms. The SMILES string of the molecule is O=C(CN1CCCCS1(=O)=O)N1CCC[C@H](c2ncc(Cc3ccc(Cl)cc3)o2)C1. The summed E-state index contributed by atoms with van der Waals surface area (Å²) in [6, 6.07) is 7.61. The summed E-state index contributed by atoms with van der Waals surface area (Å²) in [7, 11) is -3.31. The van der Waals surface area contributed by atoms with Crippen molar-refractivity contribution in [1.82, 2.24) is 14.2 Å². The molecule has 2 fully saturated rings. The first kappa shape index (κ1) is 21.3. The number of piperidine rings is 1. The van der Waals surface area contributed by atoms with Gasteiger partial charge in [0.1, 0.15) is 5.76 Å². The van der Waals surface area contributed by atoms with E-state index < -0.39 is 10.0 Å². The average Bonchev–Trinajstić information content (AvgIpc) is 3.20. The first-order valence-corrected chi connectivity index (χ1v) is 12.3. The van der Waals surface area contributed by atoms with Crippen molar-refractivity contribution in [2.24, 2.45) is 0 Å². The number of halogens is 1. The molecule has 2 saturated heterocycles.